The van der Waals surface area contributed by atoms with Gasteiger partial charge in [-0.25, -0.2) is 0 Å². The van der Waals surface area contributed by atoms with E-state index in [4.69, 9.17) is 18.9 Å². The molecule has 0 fully saturated rings. The third kappa shape index (κ3) is 30.3. The third-order valence-electron chi connectivity index (χ3n) is 6.97. The summed E-state index contributed by atoms with van der Waals surface area (Å²) in [4.78, 5) is 64.1. The first-order chi connectivity index (χ1) is 24.2. The molecule has 0 atom stereocenters. The monoisotopic (exact) mass is 705 g/mol. The first kappa shape index (κ1) is 46.2. The zero-order valence-corrected chi connectivity index (χ0v) is 31.0. The Bertz CT molecular complexity index is 1040. The van der Waals surface area contributed by atoms with Gasteiger partial charge in [-0.05, 0) is 65.7 Å². The molecule has 0 bridgehead atoms. The molecule has 0 aromatic carbocycles. The smallest absolute Gasteiger partial charge is 0.320 e. The number of hydrogen-bond donors (Lipinski definition) is 1. The van der Waals surface area contributed by atoms with Crippen molar-refractivity contribution in [2.45, 2.75) is 91.9 Å². The van der Waals surface area contributed by atoms with Crippen LogP contribution in [0, 0.1) is 0 Å². The number of nitrogens with zero attached hydrogens (tertiary/aromatic N) is 2. The van der Waals surface area contributed by atoms with Crippen LogP contribution in [0.1, 0.15) is 91.9 Å². The molecule has 0 spiro atoms. The number of carbonyl (C=O) groups is 5. The summed E-state index contributed by atoms with van der Waals surface area (Å²) in [5, 5.41) is 2.69. The average molecular weight is 706 g/mol. The largest absolute Gasteiger partial charge is 0.465 e. The van der Waals surface area contributed by atoms with E-state index < -0.39 is 17.9 Å². The van der Waals surface area contributed by atoms with Crippen molar-refractivity contribution in [3.63, 3.8) is 0 Å². The van der Waals surface area contributed by atoms with E-state index in [0.29, 0.717) is 6.42 Å². The van der Waals surface area contributed by atoms with Gasteiger partial charge in [0.1, 0.15) is 6.61 Å². The lowest BCUT2D eigenvalue weighted by atomic mass is 10.2. The second-order valence-corrected chi connectivity index (χ2v) is 11.4. The van der Waals surface area contributed by atoms with Gasteiger partial charge in [0, 0.05) is 19.5 Å². The quantitative estimate of drug-likeness (QED) is 0.0447. The molecular formula is C38H63N3O9. The Kier molecular flexibility index (Phi) is 31.2. The normalized spacial score (nSPS) is 11.7. The number of allylic oxidation sites excluding steroid dienone is 8. The highest BCUT2D eigenvalue weighted by Gasteiger charge is 2.20. The van der Waals surface area contributed by atoms with Crippen molar-refractivity contribution in [1.82, 2.24) is 15.1 Å². The maximum Gasteiger partial charge on any atom is 0.320 e. The predicted molar refractivity (Wildman–Crippen MR) is 195 cm³/mol. The van der Waals surface area contributed by atoms with E-state index in [1.54, 1.807) is 25.7 Å². The first-order valence-corrected chi connectivity index (χ1v) is 18.2. The summed E-state index contributed by atoms with van der Waals surface area (Å²) in [6.07, 6.45) is 26.8. The molecule has 0 unspecified atom stereocenters. The summed E-state index contributed by atoms with van der Waals surface area (Å²) < 4.78 is 20.3. The maximum atomic E-state index is 12.6. The predicted octanol–water partition coefficient (Wildman–Crippen LogP) is 5.08. The van der Waals surface area contributed by atoms with Crippen LogP contribution >= 0.6 is 0 Å². The van der Waals surface area contributed by atoms with Crippen molar-refractivity contribution in [2.75, 3.05) is 72.2 Å². The van der Waals surface area contributed by atoms with Crippen molar-refractivity contribution in [2.24, 2.45) is 0 Å². The fraction of sp³-hybridized carbons (Fsp3) is 0.658. The van der Waals surface area contributed by atoms with Gasteiger partial charge in [-0.3, -0.25) is 33.8 Å². The molecule has 0 saturated carbocycles. The lowest BCUT2D eigenvalue weighted by molar-refractivity contribution is -0.149. The fourth-order valence-corrected chi connectivity index (χ4v) is 4.49. The Labute approximate surface area is 300 Å². The molecule has 50 heavy (non-hydrogen) atoms. The Balaban J connectivity index is 4.40. The minimum atomic E-state index is -0.511. The van der Waals surface area contributed by atoms with Gasteiger partial charge in [-0.2, -0.15) is 0 Å². The molecule has 0 heterocycles. The van der Waals surface area contributed by atoms with E-state index in [1.165, 1.54) is 30.6 Å². The summed E-state index contributed by atoms with van der Waals surface area (Å²) >= 11 is 0. The van der Waals surface area contributed by atoms with Gasteiger partial charge in [0.2, 0.25) is 5.91 Å². The molecule has 12 heteroatoms. The Hall–Kier alpha value is -3.77. The van der Waals surface area contributed by atoms with Crippen LogP contribution in [-0.4, -0.2) is 112 Å². The first-order valence-electron chi connectivity index (χ1n) is 18.2. The van der Waals surface area contributed by atoms with Gasteiger partial charge in [0.05, 0.1) is 52.5 Å². The Morgan fingerprint density at radius 2 is 0.960 bits per heavy atom. The number of unbranched alkanes of at least 4 members (excludes halogenated alkanes) is 4. The lowest BCUT2D eigenvalue weighted by Gasteiger charge is -2.25. The highest BCUT2D eigenvalue weighted by molar-refractivity contribution is 5.79. The van der Waals surface area contributed by atoms with Crippen molar-refractivity contribution >= 4 is 29.8 Å². The van der Waals surface area contributed by atoms with E-state index in [-0.39, 0.29) is 90.5 Å². The highest BCUT2D eigenvalue weighted by Crippen LogP contribution is 2.03. The number of hydrogen-bond acceptors (Lipinski definition) is 11. The van der Waals surface area contributed by atoms with Gasteiger partial charge in [0.15, 0.2) is 0 Å². The minimum Gasteiger partial charge on any atom is -0.465 e. The van der Waals surface area contributed by atoms with Crippen LogP contribution in [-0.2, 0) is 42.9 Å². The second kappa shape index (κ2) is 33.7. The van der Waals surface area contributed by atoms with E-state index >= 15 is 0 Å². The maximum absolute atomic E-state index is 12.6. The van der Waals surface area contributed by atoms with Crippen LogP contribution in [0.4, 0.5) is 0 Å². The van der Waals surface area contributed by atoms with Crippen LogP contribution < -0.4 is 5.32 Å². The van der Waals surface area contributed by atoms with Gasteiger partial charge < -0.3 is 24.3 Å². The summed E-state index contributed by atoms with van der Waals surface area (Å²) in [6, 6.07) is 0. The molecule has 12 nitrogen and oxygen atoms in total. The Morgan fingerprint density at radius 3 is 1.42 bits per heavy atom. The van der Waals surface area contributed by atoms with Crippen LogP contribution in [0.25, 0.3) is 0 Å². The second-order valence-electron chi connectivity index (χ2n) is 11.4. The van der Waals surface area contributed by atoms with Crippen molar-refractivity contribution in [3.8, 4) is 0 Å². The number of amides is 1. The van der Waals surface area contributed by atoms with Crippen molar-refractivity contribution in [1.29, 1.82) is 0 Å². The molecule has 0 aliphatic rings. The minimum absolute atomic E-state index is 0.0274. The summed E-state index contributed by atoms with van der Waals surface area (Å²) in [5.74, 6) is -2.23. The molecule has 0 aliphatic carbocycles. The summed E-state index contributed by atoms with van der Waals surface area (Å²) in [7, 11) is 0. The molecule has 284 valence electrons. The van der Waals surface area contributed by atoms with Crippen LogP contribution in [0.5, 0.6) is 0 Å². The van der Waals surface area contributed by atoms with Crippen LogP contribution in [0.2, 0.25) is 0 Å². The molecule has 0 rings (SSSR count). The average Bonchev–Trinajstić information content (AvgIpc) is 3.07. The van der Waals surface area contributed by atoms with Gasteiger partial charge in [-0.1, -0.05) is 68.4 Å². The molecule has 1 amide bonds. The molecule has 0 aliphatic heterocycles. The van der Waals surface area contributed by atoms with Crippen molar-refractivity contribution in [3.05, 3.63) is 48.6 Å². The molecule has 0 aromatic rings. The fourth-order valence-electron chi connectivity index (χ4n) is 4.49. The molecular weight excluding hydrogens is 642 g/mol. The topological polar surface area (TPSA) is 141 Å². The highest BCUT2D eigenvalue weighted by atomic mass is 16.5. The number of nitrogens with one attached hydrogen (secondary N) is 1. The molecule has 0 radical (unpaired) electrons. The van der Waals surface area contributed by atoms with E-state index in [0.717, 1.165) is 25.7 Å². The summed E-state index contributed by atoms with van der Waals surface area (Å²) in [5.41, 5.74) is 0. The number of esters is 4. The van der Waals surface area contributed by atoms with Crippen LogP contribution in [0.15, 0.2) is 48.6 Å². The number of rotatable bonds is 31. The zero-order valence-electron chi connectivity index (χ0n) is 31.0. The molecule has 1 N–H and O–H groups in total. The standard InChI is InChI=1S/C38H63N3O9/c1-5-9-10-11-12-13-14-15-16-17-18-19-20-21-22-23-24-25-35(43)50-29-26-39-34(42)30-40(31-36(44)47-6-2)27-28-41(32-37(45)48-7-3)33-38(46)49-8-4/h12-13,15-16,18-19,21-22H,5-11,14,17,20,23-33H2,1-4H3,(H,39,42)/b13-12+,16-15+,19-18+,22-21+. The molecule has 0 aromatic heterocycles. The SMILES string of the molecule is CCCCC/C=C/C/C=C/C/C=C/C/C=C/CCCC(=O)OCCNC(=O)CN(CCN(CC(=O)OCC)CC(=O)OCC)CC(=O)OCC. The summed E-state index contributed by atoms with van der Waals surface area (Å²) in [6.45, 7) is 7.75. The molecule has 0 saturated heterocycles. The van der Waals surface area contributed by atoms with Gasteiger partial charge in [0.25, 0.3) is 0 Å². The lowest BCUT2D eigenvalue weighted by Crippen LogP contribution is -2.46. The van der Waals surface area contributed by atoms with E-state index in [1.807, 2.05) is 0 Å². The van der Waals surface area contributed by atoms with Gasteiger partial charge in [-0.15, -0.1) is 0 Å². The zero-order chi connectivity index (χ0) is 37.1. The Morgan fingerprint density at radius 1 is 0.520 bits per heavy atom. The number of carbonyl (C=O) groups excluding carboxylic acids is 5. The third-order valence-corrected chi connectivity index (χ3v) is 6.97. The number of ether oxygens (including phenoxy) is 4. The van der Waals surface area contributed by atoms with Crippen LogP contribution in [0.3, 0.4) is 0 Å². The van der Waals surface area contributed by atoms with E-state index in [2.05, 4.69) is 60.8 Å². The van der Waals surface area contributed by atoms with E-state index in [9.17, 15) is 24.0 Å². The van der Waals surface area contributed by atoms with Gasteiger partial charge >= 0.3 is 23.9 Å². The van der Waals surface area contributed by atoms with Crippen molar-refractivity contribution < 1.29 is 42.9 Å².